The Kier molecular flexibility index (Phi) is 2.73. The van der Waals surface area contributed by atoms with Gasteiger partial charge in [-0.05, 0) is 13.8 Å². The summed E-state index contributed by atoms with van der Waals surface area (Å²) in [5.74, 6) is 0.627. The van der Waals surface area contributed by atoms with Gasteiger partial charge in [-0.2, -0.15) is 0 Å². The van der Waals surface area contributed by atoms with Crippen molar-refractivity contribution < 1.29 is 9.32 Å². The van der Waals surface area contributed by atoms with Crippen LogP contribution in [0.25, 0.3) is 0 Å². The Balaban J connectivity index is 2.07. The lowest BCUT2D eigenvalue weighted by Gasteiger charge is -2.31. The van der Waals surface area contributed by atoms with E-state index in [1.54, 1.807) is 17.9 Å². The van der Waals surface area contributed by atoms with Gasteiger partial charge in [0.25, 0.3) is 5.91 Å². The lowest BCUT2D eigenvalue weighted by atomic mass is 10.2. The van der Waals surface area contributed by atoms with Crippen LogP contribution in [-0.2, 0) is 0 Å². The highest BCUT2D eigenvalue weighted by Crippen LogP contribution is 2.08. The molecule has 0 spiro atoms. The second kappa shape index (κ2) is 4.02. The van der Waals surface area contributed by atoms with Crippen molar-refractivity contribution in [1.82, 2.24) is 15.4 Å². The van der Waals surface area contributed by atoms with Gasteiger partial charge in [0.15, 0.2) is 5.69 Å². The number of carbonyl (C=O) groups is 1. The predicted molar refractivity (Wildman–Crippen MR) is 54.6 cm³/mol. The molecule has 1 unspecified atom stereocenters. The van der Waals surface area contributed by atoms with Gasteiger partial charge < -0.3 is 14.7 Å². The maximum Gasteiger partial charge on any atom is 0.276 e. The minimum Gasteiger partial charge on any atom is -0.361 e. The number of hydrogen-bond donors (Lipinski definition) is 1. The summed E-state index contributed by atoms with van der Waals surface area (Å²) in [5, 5.41) is 7.02. The van der Waals surface area contributed by atoms with Crippen molar-refractivity contribution in [3.05, 3.63) is 17.5 Å². The SMILES string of the molecule is Cc1cc(C(=O)N2CCNC(C)C2)no1. The number of aryl methyl sites for hydroxylation is 1. The van der Waals surface area contributed by atoms with Gasteiger partial charge in [0.1, 0.15) is 5.76 Å². The van der Waals surface area contributed by atoms with Crippen molar-refractivity contribution in [3.8, 4) is 0 Å². The van der Waals surface area contributed by atoms with Crippen LogP contribution < -0.4 is 5.32 Å². The summed E-state index contributed by atoms with van der Waals surface area (Å²) < 4.78 is 4.89. The van der Waals surface area contributed by atoms with E-state index < -0.39 is 0 Å². The molecule has 0 saturated carbocycles. The predicted octanol–water partition coefficient (Wildman–Crippen LogP) is 0.417. The molecule has 1 aromatic heterocycles. The molecule has 2 rings (SSSR count). The molecule has 0 bridgehead atoms. The van der Waals surface area contributed by atoms with Crippen LogP contribution >= 0.6 is 0 Å². The van der Waals surface area contributed by atoms with Crippen LogP contribution in [-0.4, -0.2) is 41.6 Å². The average Bonchev–Trinajstić information content (AvgIpc) is 2.64. The van der Waals surface area contributed by atoms with Crippen molar-refractivity contribution >= 4 is 5.91 Å². The van der Waals surface area contributed by atoms with Gasteiger partial charge in [0.2, 0.25) is 0 Å². The van der Waals surface area contributed by atoms with Gasteiger partial charge in [-0.15, -0.1) is 0 Å². The average molecular weight is 209 g/mol. The maximum atomic E-state index is 11.9. The molecule has 82 valence electrons. The first-order chi connectivity index (χ1) is 7.16. The van der Waals surface area contributed by atoms with Crippen LogP contribution in [0.15, 0.2) is 10.6 Å². The Morgan fingerprint density at radius 1 is 1.73 bits per heavy atom. The Labute approximate surface area is 88.4 Å². The summed E-state index contributed by atoms with van der Waals surface area (Å²) in [6, 6.07) is 2.02. The molecule has 5 nitrogen and oxygen atoms in total. The zero-order valence-corrected chi connectivity index (χ0v) is 8.99. The van der Waals surface area contributed by atoms with E-state index in [9.17, 15) is 4.79 Å². The van der Waals surface area contributed by atoms with E-state index >= 15 is 0 Å². The molecule has 1 aliphatic heterocycles. The van der Waals surface area contributed by atoms with E-state index in [0.29, 0.717) is 17.5 Å². The maximum absolute atomic E-state index is 11.9. The number of carbonyl (C=O) groups excluding carboxylic acids is 1. The lowest BCUT2D eigenvalue weighted by Crippen LogP contribution is -2.51. The van der Waals surface area contributed by atoms with Gasteiger partial charge in [-0.25, -0.2) is 0 Å². The molecule has 0 aliphatic carbocycles. The number of nitrogens with one attached hydrogen (secondary N) is 1. The van der Waals surface area contributed by atoms with E-state index in [1.807, 2.05) is 0 Å². The van der Waals surface area contributed by atoms with Gasteiger partial charge in [-0.1, -0.05) is 5.16 Å². The number of rotatable bonds is 1. The van der Waals surface area contributed by atoms with Gasteiger partial charge in [0.05, 0.1) is 0 Å². The van der Waals surface area contributed by atoms with Crippen LogP contribution in [0.4, 0.5) is 0 Å². The van der Waals surface area contributed by atoms with Crippen molar-refractivity contribution in [3.63, 3.8) is 0 Å². The highest BCUT2D eigenvalue weighted by atomic mass is 16.5. The topological polar surface area (TPSA) is 58.4 Å². The van der Waals surface area contributed by atoms with Gasteiger partial charge in [0, 0.05) is 31.7 Å². The second-order valence-electron chi connectivity index (χ2n) is 3.93. The Hall–Kier alpha value is -1.36. The van der Waals surface area contributed by atoms with Crippen LogP contribution in [0.3, 0.4) is 0 Å². The fourth-order valence-electron chi connectivity index (χ4n) is 1.75. The Morgan fingerprint density at radius 2 is 2.53 bits per heavy atom. The minimum atomic E-state index is -0.0415. The Bertz CT molecular complexity index is 361. The Morgan fingerprint density at radius 3 is 3.13 bits per heavy atom. The number of hydrogen-bond acceptors (Lipinski definition) is 4. The molecule has 1 saturated heterocycles. The van der Waals surface area contributed by atoms with E-state index in [2.05, 4.69) is 17.4 Å². The van der Waals surface area contributed by atoms with Gasteiger partial charge >= 0.3 is 0 Å². The summed E-state index contributed by atoms with van der Waals surface area (Å²) in [6.07, 6.45) is 0. The standard InChI is InChI=1S/C10H15N3O2/c1-7-6-13(4-3-11-7)10(14)9-5-8(2)15-12-9/h5,7,11H,3-4,6H2,1-2H3. The van der Waals surface area contributed by atoms with Crippen LogP contribution in [0.1, 0.15) is 23.2 Å². The molecule has 1 atom stereocenters. The highest BCUT2D eigenvalue weighted by Gasteiger charge is 2.23. The molecule has 1 fully saturated rings. The molecule has 0 aromatic carbocycles. The molecular formula is C10H15N3O2. The number of piperazine rings is 1. The highest BCUT2D eigenvalue weighted by molar-refractivity contribution is 5.92. The molecular weight excluding hydrogens is 194 g/mol. The fraction of sp³-hybridized carbons (Fsp3) is 0.600. The van der Waals surface area contributed by atoms with E-state index in [1.165, 1.54) is 0 Å². The number of amides is 1. The van der Waals surface area contributed by atoms with E-state index in [-0.39, 0.29) is 5.91 Å². The first kappa shape index (κ1) is 10.2. The van der Waals surface area contributed by atoms with E-state index in [0.717, 1.165) is 19.6 Å². The largest absolute Gasteiger partial charge is 0.361 e. The van der Waals surface area contributed by atoms with Crippen molar-refractivity contribution in [1.29, 1.82) is 0 Å². The molecule has 2 heterocycles. The van der Waals surface area contributed by atoms with Crippen molar-refractivity contribution in [2.45, 2.75) is 19.9 Å². The molecule has 15 heavy (non-hydrogen) atoms. The molecule has 1 aromatic rings. The second-order valence-corrected chi connectivity index (χ2v) is 3.93. The monoisotopic (exact) mass is 209 g/mol. The molecule has 5 heteroatoms. The molecule has 0 radical (unpaired) electrons. The van der Waals surface area contributed by atoms with E-state index in [4.69, 9.17) is 4.52 Å². The smallest absolute Gasteiger partial charge is 0.276 e. The number of aromatic nitrogens is 1. The quantitative estimate of drug-likeness (QED) is 0.728. The fourth-order valence-corrected chi connectivity index (χ4v) is 1.75. The van der Waals surface area contributed by atoms with Crippen LogP contribution in [0.2, 0.25) is 0 Å². The summed E-state index contributed by atoms with van der Waals surface area (Å²) >= 11 is 0. The third-order valence-corrected chi connectivity index (χ3v) is 2.50. The first-order valence-electron chi connectivity index (χ1n) is 5.13. The summed E-state index contributed by atoms with van der Waals surface area (Å²) in [5.41, 5.74) is 0.404. The first-order valence-corrected chi connectivity index (χ1v) is 5.13. The zero-order valence-electron chi connectivity index (χ0n) is 8.99. The summed E-state index contributed by atoms with van der Waals surface area (Å²) in [7, 11) is 0. The summed E-state index contributed by atoms with van der Waals surface area (Å²) in [6.45, 7) is 6.14. The van der Waals surface area contributed by atoms with Crippen molar-refractivity contribution in [2.75, 3.05) is 19.6 Å². The molecule has 1 aliphatic rings. The van der Waals surface area contributed by atoms with Crippen molar-refractivity contribution in [2.24, 2.45) is 0 Å². The summed E-state index contributed by atoms with van der Waals surface area (Å²) in [4.78, 5) is 13.7. The molecule has 1 amide bonds. The van der Waals surface area contributed by atoms with Gasteiger partial charge in [-0.3, -0.25) is 4.79 Å². The number of nitrogens with zero attached hydrogens (tertiary/aromatic N) is 2. The lowest BCUT2D eigenvalue weighted by molar-refractivity contribution is 0.0698. The third-order valence-electron chi connectivity index (χ3n) is 2.50. The normalized spacial score (nSPS) is 21.7. The van der Waals surface area contributed by atoms with Crippen LogP contribution in [0, 0.1) is 6.92 Å². The third kappa shape index (κ3) is 2.18. The minimum absolute atomic E-state index is 0.0415. The van der Waals surface area contributed by atoms with Crippen LogP contribution in [0.5, 0.6) is 0 Å². The zero-order chi connectivity index (χ0) is 10.8. The molecule has 1 N–H and O–H groups in total.